The van der Waals surface area contributed by atoms with E-state index in [0.29, 0.717) is 18.6 Å². The van der Waals surface area contributed by atoms with E-state index in [-0.39, 0.29) is 53.6 Å². The van der Waals surface area contributed by atoms with Crippen molar-refractivity contribution in [2.45, 2.75) is 150 Å². The number of nitrogens with one attached hydrogen (secondary N) is 6. The van der Waals surface area contributed by atoms with E-state index < -0.39 is 60.2 Å². The van der Waals surface area contributed by atoms with Crippen LogP contribution in [0.25, 0.3) is 0 Å². The van der Waals surface area contributed by atoms with Crippen molar-refractivity contribution in [1.82, 2.24) is 31.9 Å². The van der Waals surface area contributed by atoms with Crippen molar-refractivity contribution in [3.05, 3.63) is 35.4 Å². The Morgan fingerprint density at radius 1 is 0.673 bits per heavy atom. The Hall–Kier alpha value is -4.33. The van der Waals surface area contributed by atoms with E-state index in [2.05, 4.69) is 31.9 Å². The standard InChI is InChI=1S/C41H68N6O8/c1-12-14-28(15-13-2)36(51)29-16-18-30(19-17-29)37(52)42-24-33(49)45-31(20-21-32(48)46-35(26(3)4)39(54)44-27(5)6)38(53)43-25-34(50)47-41(10,11)22-23-55-40(7,8)9/h16-19,26-28,31,35H,12-15,20-25H2,1-11H3,(H,42,52)(H,43,53)(H,44,54)(H,45,49)(H,46,48)(H,47,50). The van der Waals surface area contributed by atoms with Crippen molar-refractivity contribution < 1.29 is 38.3 Å². The number of ether oxygens (including phenoxy) is 1. The zero-order valence-electron chi connectivity index (χ0n) is 35.0. The number of carbonyl (C=O) groups excluding carboxylic acids is 7. The number of amides is 6. The molecule has 1 aromatic rings. The van der Waals surface area contributed by atoms with Gasteiger partial charge in [0.1, 0.15) is 12.1 Å². The van der Waals surface area contributed by atoms with Gasteiger partial charge in [0.05, 0.1) is 18.7 Å². The van der Waals surface area contributed by atoms with Gasteiger partial charge in [0.2, 0.25) is 29.5 Å². The molecule has 0 aliphatic heterocycles. The zero-order chi connectivity index (χ0) is 41.9. The number of hydrogen-bond donors (Lipinski definition) is 6. The maximum absolute atomic E-state index is 13.3. The van der Waals surface area contributed by atoms with Gasteiger partial charge in [-0.2, -0.15) is 0 Å². The number of Topliss-reactive ketones (excluding diaryl/α,β-unsaturated/α-hetero) is 1. The molecular weight excluding hydrogens is 704 g/mol. The second-order valence-electron chi connectivity index (χ2n) is 16.4. The van der Waals surface area contributed by atoms with Crippen molar-refractivity contribution in [3.8, 4) is 0 Å². The lowest BCUT2D eigenvalue weighted by Gasteiger charge is -2.28. The first-order chi connectivity index (χ1) is 25.6. The van der Waals surface area contributed by atoms with Crippen LogP contribution in [0.5, 0.6) is 0 Å². The van der Waals surface area contributed by atoms with Crippen molar-refractivity contribution in [2.75, 3.05) is 19.7 Å². The summed E-state index contributed by atoms with van der Waals surface area (Å²) in [6.07, 6.45) is 3.52. The van der Waals surface area contributed by atoms with Gasteiger partial charge in [-0.1, -0.05) is 52.7 Å². The summed E-state index contributed by atoms with van der Waals surface area (Å²) in [6, 6.07) is 4.08. The van der Waals surface area contributed by atoms with Crippen LogP contribution in [0.3, 0.4) is 0 Å². The minimum Gasteiger partial charge on any atom is -0.376 e. The molecule has 0 bridgehead atoms. The fourth-order valence-corrected chi connectivity index (χ4v) is 5.72. The summed E-state index contributed by atoms with van der Waals surface area (Å²) < 4.78 is 5.77. The smallest absolute Gasteiger partial charge is 0.251 e. The average molecular weight is 773 g/mol. The van der Waals surface area contributed by atoms with Crippen LogP contribution in [0, 0.1) is 11.8 Å². The van der Waals surface area contributed by atoms with Crippen molar-refractivity contribution in [3.63, 3.8) is 0 Å². The van der Waals surface area contributed by atoms with Crippen LogP contribution in [0.2, 0.25) is 0 Å². The second-order valence-corrected chi connectivity index (χ2v) is 16.4. The molecule has 14 heteroatoms. The third-order valence-electron chi connectivity index (χ3n) is 8.66. The monoisotopic (exact) mass is 773 g/mol. The lowest BCUT2D eigenvalue weighted by atomic mass is 9.89. The molecule has 0 saturated carbocycles. The van der Waals surface area contributed by atoms with Gasteiger partial charge < -0.3 is 36.6 Å². The Bertz CT molecular complexity index is 1430. The number of rotatable bonds is 24. The summed E-state index contributed by atoms with van der Waals surface area (Å²) in [5.41, 5.74) is -0.194. The summed E-state index contributed by atoms with van der Waals surface area (Å²) >= 11 is 0. The van der Waals surface area contributed by atoms with Gasteiger partial charge in [-0.05, 0) is 92.2 Å². The molecule has 0 spiro atoms. The molecule has 0 heterocycles. The van der Waals surface area contributed by atoms with Crippen LogP contribution in [0.15, 0.2) is 24.3 Å². The van der Waals surface area contributed by atoms with E-state index in [9.17, 15) is 33.6 Å². The normalized spacial score (nSPS) is 12.8. The molecular formula is C41H68N6O8. The first kappa shape index (κ1) is 48.7. The molecule has 0 fully saturated rings. The number of hydrogen-bond acceptors (Lipinski definition) is 8. The molecule has 6 N–H and O–H groups in total. The maximum Gasteiger partial charge on any atom is 0.251 e. The SMILES string of the molecule is CCCC(CCC)C(=O)c1ccc(C(=O)NCC(=O)NC(CCC(=O)NC(C(=O)NC(C)C)C(C)C)C(=O)NCC(=O)NC(C)(C)CCOC(C)(C)C)cc1. The minimum absolute atomic E-state index is 0.0403. The van der Waals surface area contributed by atoms with Gasteiger partial charge in [-0.15, -0.1) is 0 Å². The van der Waals surface area contributed by atoms with Crippen LogP contribution >= 0.6 is 0 Å². The Labute approximate surface area is 328 Å². The van der Waals surface area contributed by atoms with Gasteiger partial charge in [-0.25, -0.2) is 0 Å². The van der Waals surface area contributed by atoms with Crippen LogP contribution in [0.4, 0.5) is 0 Å². The highest BCUT2D eigenvalue weighted by Gasteiger charge is 2.28. The Morgan fingerprint density at radius 3 is 1.76 bits per heavy atom. The largest absolute Gasteiger partial charge is 0.376 e. The van der Waals surface area contributed by atoms with E-state index >= 15 is 0 Å². The molecule has 14 nitrogen and oxygen atoms in total. The predicted octanol–water partition coefficient (Wildman–Crippen LogP) is 3.96. The Morgan fingerprint density at radius 2 is 1.24 bits per heavy atom. The number of carbonyl (C=O) groups is 7. The summed E-state index contributed by atoms with van der Waals surface area (Å²) in [7, 11) is 0. The lowest BCUT2D eigenvalue weighted by Crippen LogP contribution is -2.53. The van der Waals surface area contributed by atoms with Crippen molar-refractivity contribution in [1.29, 1.82) is 0 Å². The van der Waals surface area contributed by atoms with Crippen molar-refractivity contribution in [2.24, 2.45) is 11.8 Å². The molecule has 0 aromatic heterocycles. The van der Waals surface area contributed by atoms with E-state index in [1.807, 2.05) is 62.3 Å². The van der Waals surface area contributed by atoms with Gasteiger partial charge in [0, 0.05) is 41.7 Å². The van der Waals surface area contributed by atoms with Crippen LogP contribution in [-0.4, -0.2) is 90.2 Å². The van der Waals surface area contributed by atoms with Gasteiger partial charge in [0.25, 0.3) is 5.91 Å². The highest BCUT2D eigenvalue weighted by molar-refractivity contribution is 6.01. The van der Waals surface area contributed by atoms with Crippen LogP contribution in [0.1, 0.15) is 142 Å². The fourth-order valence-electron chi connectivity index (χ4n) is 5.72. The highest BCUT2D eigenvalue weighted by atomic mass is 16.5. The topological polar surface area (TPSA) is 201 Å². The number of benzene rings is 1. The van der Waals surface area contributed by atoms with Gasteiger partial charge >= 0.3 is 0 Å². The third kappa shape index (κ3) is 19.7. The van der Waals surface area contributed by atoms with Crippen LogP contribution in [-0.2, 0) is 28.7 Å². The Kier molecular flexibility index (Phi) is 20.9. The molecule has 0 radical (unpaired) electrons. The highest BCUT2D eigenvalue weighted by Crippen LogP contribution is 2.20. The molecule has 0 aliphatic carbocycles. The Balaban J connectivity index is 2.98. The predicted molar refractivity (Wildman–Crippen MR) is 213 cm³/mol. The van der Waals surface area contributed by atoms with Crippen LogP contribution < -0.4 is 31.9 Å². The van der Waals surface area contributed by atoms with Crippen molar-refractivity contribution >= 4 is 41.2 Å². The zero-order valence-corrected chi connectivity index (χ0v) is 35.0. The molecule has 0 saturated heterocycles. The summed E-state index contributed by atoms with van der Waals surface area (Å²) in [4.78, 5) is 90.7. The summed E-state index contributed by atoms with van der Waals surface area (Å²) in [6.45, 7) is 20.3. The van der Waals surface area contributed by atoms with E-state index in [1.54, 1.807) is 26.0 Å². The molecule has 1 aromatic carbocycles. The number of ketones is 1. The summed E-state index contributed by atoms with van der Waals surface area (Å²) in [5.74, 6) is -3.53. The fraction of sp³-hybridized carbons (Fsp3) is 0.683. The lowest BCUT2D eigenvalue weighted by molar-refractivity contribution is -0.132. The molecule has 2 atom stereocenters. The maximum atomic E-state index is 13.3. The average Bonchev–Trinajstić information content (AvgIpc) is 3.08. The first-order valence-electron chi connectivity index (χ1n) is 19.6. The second kappa shape index (κ2) is 23.6. The first-order valence-corrected chi connectivity index (χ1v) is 19.6. The third-order valence-corrected chi connectivity index (χ3v) is 8.66. The van der Waals surface area contributed by atoms with E-state index in [4.69, 9.17) is 4.74 Å². The van der Waals surface area contributed by atoms with E-state index in [0.717, 1.165) is 25.7 Å². The van der Waals surface area contributed by atoms with Gasteiger partial charge in [0.15, 0.2) is 5.78 Å². The molecule has 1 rings (SSSR count). The molecule has 55 heavy (non-hydrogen) atoms. The van der Waals surface area contributed by atoms with E-state index in [1.165, 1.54) is 12.1 Å². The molecule has 0 aliphatic rings. The quantitative estimate of drug-likeness (QED) is 0.0848. The molecule has 2 unspecified atom stereocenters. The van der Waals surface area contributed by atoms with Gasteiger partial charge in [-0.3, -0.25) is 33.6 Å². The molecule has 6 amide bonds. The minimum atomic E-state index is -1.25. The summed E-state index contributed by atoms with van der Waals surface area (Å²) in [5, 5.41) is 16.0. The molecule has 310 valence electrons.